The van der Waals surface area contributed by atoms with E-state index < -0.39 is 0 Å². The number of nitrogens with two attached hydrogens (primary N) is 1. The van der Waals surface area contributed by atoms with E-state index in [0.717, 1.165) is 5.69 Å². The van der Waals surface area contributed by atoms with Gasteiger partial charge in [-0.3, -0.25) is 0 Å². The fourth-order valence-electron chi connectivity index (χ4n) is 1.34. The summed E-state index contributed by atoms with van der Waals surface area (Å²) >= 11 is 0. The highest BCUT2D eigenvalue weighted by Gasteiger charge is 2.02. The molecule has 3 N–H and O–H groups in total. The molecular weight excluding hydrogens is 206 g/mol. The lowest BCUT2D eigenvalue weighted by molar-refractivity contribution is 0.300. The molecule has 0 aliphatic heterocycles. The maximum absolute atomic E-state index is 9.24. The van der Waals surface area contributed by atoms with Gasteiger partial charge in [-0.05, 0) is 12.1 Å². The first-order valence-corrected chi connectivity index (χ1v) is 4.84. The van der Waals surface area contributed by atoms with Crippen LogP contribution in [0.2, 0.25) is 0 Å². The molecule has 0 unspecified atom stereocenters. The molecule has 5 nitrogen and oxygen atoms in total. The average molecular weight is 219 g/mol. The summed E-state index contributed by atoms with van der Waals surface area (Å²) in [5.74, 6) is 1.23. The molecule has 0 aliphatic rings. The Balaban J connectivity index is 2.02. The van der Waals surface area contributed by atoms with E-state index >= 15 is 0 Å². The zero-order valence-corrected chi connectivity index (χ0v) is 8.92. The highest BCUT2D eigenvalue weighted by molar-refractivity contribution is 5.32. The molecule has 0 aliphatic carbocycles. The number of phenolic OH excluding ortho intramolecular Hbond substituents is 1. The Kier molecular flexibility index (Phi) is 2.68. The number of aryl methyl sites for hydroxylation is 1. The summed E-state index contributed by atoms with van der Waals surface area (Å²) in [5.41, 5.74) is 6.34. The normalized spacial score (nSPS) is 10.3. The van der Waals surface area contributed by atoms with Crippen LogP contribution in [0.5, 0.6) is 11.5 Å². The minimum Gasteiger partial charge on any atom is -0.508 e. The zero-order chi connectivity index (χ0) is 11.5. The lowest BCUT2D eigenvalue weighted by Gasteiger charge is -2.03. The molecule has 16 heavy (non-hydrogen) atoms. The monoisotopic (exact) mass is 219 g/mol. The predicted molar refractivity (Wildman–Crippen MR) is 60.1 cm³/mol. The Bertz CT molecular complexity index is 474. The number of aromatic hydroxyl groups is 1. The van der Waals surface area contributed by atoms with Gasteiger partial charge >= 0.3 is 0 Å². The quantitative estimate of drug-likeness (QED) is 0.815. The number of nitrogen functional groups attached to an aromatic ring is 1. The van der Waals surface area contributed by atoms with Gasteiger partial charge in [-0.15, -0.1) is 0 Å². The van der Waals surface area contributed by atoms with Crippen LogP contribution in [0.1, 0.15) is 5.69 Å². The fourth-order valence-corrected chi connectivity index (χ4v) is 1.34. The van der Waals surface area contributed by atoms with E-state index in [9.17, 15) is 5.11 Å². The molecule has 1 heterocycles. The van der Waals surface area contributed by atoms with Crippen molar-refractivity contribution in [1.82, 2.24) is 9.55 Å². The van der Waals surface area contributed by atoms with Gasteiger partial charge in [0.05, 0.1) is 5.69 Å². The number of rotatable bonds is 3. The second-order valence-electron chi connectivity index (χ2n) is 3.49. The summed E-state index contributed by atoms with van der Waals surface area (Å²) in [6.45, 7) is 0.328. The lowest BCUT2D eigenvalue weighted by Crippen LogP contribution is -1.96. The molecule has 0 bridgehead atoms. The van der Waals surface area contributed by atoms with Gasteiger partial charge in [0.2, 0.25) is 0 Å². The average Bonchev–Trinajstić information content (AvgIpc) is 2.56. The highest BCUT2D eigenvalue weighted by Crippen LogP contribution is 2.18. The molecule has 2 rings (SSSR count). The lowest BCUT2D eigenvalue weighted by atomic mass is 10.3. The van der Waals surface area contributed by atoms with Crippen molar-refractivity contribution in [3.63, 3.8) is 0 Å². The molecular formula is C11H13N3O2. The number of imidazole rings is 1. The van der Waals surface area contributed by atoms with Crippen LogP contribution in [-0.2, 0) is 13.7 Å². The summed E-state index contributed by atoms with van der Waals surface area (Å²) in [4.78, 5) is 4.10. The third-order valence-corrected chi connectivity index (χ3v) is 2.17. The highest BCUT2D eigenvalue weighted by atomic mass is 16.5. The number of nitrogens with zero attached hydrogens (tertiary/aromatic N) is 2. The molecule has 0 saturated heterocycles. The summed E-state index contributed by atoms with van der Waals surface area (Å²) in [6, 6.07) is 6.63. The molecule has 0 atom stereocenters. The first-order chi connectivity index (χ1) is 7.65. The Hall–Kier alpha value is -2.17. The third kappa shape index (κ3) is 2.25. The maximum atomic E-state index is 9.24. The summed E-state index contributed by atoms with van der Waals surface area (Å²) in [6.07, 6.45) is 1.80. The van der Waals surface area contributed by atoms with Crippen LogP contribution in [0.4, 0.5) is 5.95 Å². The minimum absolute atomic E-state index is 0.179. The number of anilines is 1. The molecule has 84 valence electrons. The second kappa shape index (κ2) is 4.14. The molecule has 0 amide bonds. The van der Waals surface area contributed by atoms with Crippen LogP contribution in [0, 0.1) is 0 Å². The fraction of sp³-hybridized carbons (Fsp3) is 0.182. The van der Waals surface area contributed by atoms with Crippen LogP contribution in [0.15, 0.2) is 30.5 Å². The molecule has 0 radical (unpaired) electrons. The molecule has 0 fully saturated rings. The largest absolute Gasteiger partial charge is 0.508 e. The number of phenols is 1. The molecule has 1 aromatic carbocycles. The molecule has 0 saturated carbocycles. The van der Waals surface area contributed by atoms with E-state index in [2.05, 4.69) is 4.98 Å². The number of hydrogen-bond donors (Lipinski definition) is 2. The first kappa shape index (κ1) is 10.4. The van der Waals surface area contributed by atoms with Gasteiger partial charge in [-0.2, -0.15) is 0 Å². The van der Waals surface area contributed by atoms with Crippen molar-refractivity contribution in [2.45, 2.75) is 6.61 Å². The first-order valence-electron chi connectivity index (χ1n) is 4.84. The van der Waals surface area contributed by atoms with Gasteiger partial charge in [-0.1, -0.05) is 6.07 Å². The number of hydrogen-bond acceptors (Lipinski definition) is 4. The van der Waals surface area contributed by atoms with E-state index in [1.807, 2.05) is 7.05 Å². The Morgan fingerprint density at radius 1 is 1.50 bits per heavy atom. The molecule has 1 aromatic heterocycles. The number of ether oxygens (including phenoxy) is 1. The van der Waals surface area contributed by atoms with Crippen LogP contribution >= 0.6 is 0 Å². The van der Waals surface area contributed by atoms with Crippen molar-refractivity contribution in [3.05, 3.63) is 36.2 Å². The van der Waals surface area contributed by atoms with Crippen molar-refractivity contribution >= 4 is 5.95 Å². The van der Waals surface area contributed by atoms with Gasteiger partial charge in [0.25, 0.3) is 0 Å². The van der Waals surface area contributed by atoms with Crippen molar-refractivity contribution in [3.8, 4) is 11.5 Å². The van der Waals surface area contributed by atoms with Crippen LogP contribution < -0.4 is 10.5 Å². The zero-order valence-electron chi connectivity index (χ0n) is 8.92. The van der Waals surface area contributed by atoms with Crippen LogP contribution in [0.25, 0.3) is 0 Å². The van der Waals surface area contributed by atoms with Crippen molar-refractivity contribution in [2.75, 3.05) is 5.73 Å². The van der Waals surface area contributed by atoms with Gasteiger partial charge in [0.15, 0.2) is 5.95 Å². The van der Waals surface area contributed by atoms with Crippen molar-refractivity contribution in [1.29, 1.82) is 0 Å². The summed E-state index contributed by atoms with van der Waals surface area (Å²) in [5, 5.41) is 9.24. The molecule has 0 spiro atoms. The van der Waals surface area contributed by atoms with E-state index in [-0.39, 0.29) is 5.75 Å². The van der Waals surface area contributed by atoms with E-state index in [4.69, 9.17) is 10.5 Å². The van der Waals surface area contributed by atoms with Gasteiger partial charge in [0.1, 0.15) is 18.1 Å². The SMILES string of the molecule is Cn1cc(COc2cccc(O)c2)nc1N. The van der Waals surface area contributed by atoms with Crippen LogP contribution in [-0.4, -0.2) is 14.7 Å². The third-order valence-electron chi connectivity index (χ3n) is 2.17. The summed E-state index contributed by atoms with van der Waals surface area (Å²) in [7, 11) is 1.82. The maximum Gasteiger partial charge on any atom is 0.200 e. The van der Waals surface area contributed by atoms with E-state index in [1.54, 1.807) is 35.0 Å². The molecule has 5 heteroatoms. The topological polar surface area (TPSA) is 73.3 Å². The van der Waals surface area contributed by atoms with Crippen molar-refractivity contribution in [2.24, 2.45) is 7.05 Å². The van der Waals surface area contributed by atoms with Gasteiger partial charge in [-0.25, -0.2) is 4.98 Å². The summed E-state index contributed by atoms with van der Waals surface area (Å²) < 4.78 is 7.17. The van der Waals surface area contributed by atoms with Gasteiger partial charge < -0.3 is 20.1 Å². The minimum atomic E-state index is 0.179. The second-order valence-corrected chi connectivity index (χ2v) is 3.49. The van der Waals surface area contributed by atoms with Crippen molar-refractivity contribution < 1.29 is 9.84 Å². The Morgan fingerprint density at radius 3 is 2.94 bits per heavy atom. The van der Waals surface area contributed by atoms with E-state index in [1.165, 1.54) is 0 Å². The number of benzene rings is 1. The smallest absolute Gasteiger partial charge is 0.200 e. The van der Waals surface area contributed by atoms with Gasteiger partial charge in [0, 0.05) is 19.3 Å². The Labute approximate surface area is 93.1 Å². The standard InChI is InChI=1S/C11H13N3O2/c1-14-6-8(13-11(14)12)7-16-10-4-2-3-9(15)5-10/h2-6,15H,7H2,1H3,(H2,12,13). The Morgan fingerprint density at radius 2 is 2.31 bits per heavy atom. The van der Waals surface area contributed by atoms with E-state index in [0.29, 0.717) is 18.3 Å². The molecule has 2 aromatic rings. The number of aromatic nitrogens is 2. The predicted octanol–water partition coefficient (Wildman–Crippen LogP) is 1.29. The van der Waals surface area contributed by atoms with Crippen LogP contribution in [0.3, 0.4) is 0 Å².